The Morgan fingerprint density at radius 2 is 2.32 bits per heavy atom. The number of nitrogens with zero attached hydrogens (tertiary/aromatic N) is 2. The number of rotatable bonds is 4. The minimum atomic E-state index is -0.290. The molecule has 104 valence electrons. The maximum Gasteiger partial charge on any atom is 0.240 e. The average molecular weight is 263 g/mol. The lowest BCUT2D eigenvalue weighted by atomic mass is 9.95. The van der Waals surface area contributed by atoms with E-state index in [0.717, 1.165) is 12.2 Å². The van der Waals surface area contributed by atoms with Crippen molar-refractivity contribution in [2.45, 2.75) is 38.4 Å². The summed E-state index contributed by atoms with van der Waals surface area (Å²) in [6.07, 6.45) is 2.19. The predicted octanol–water partition coefficient (Wildman–Crippen LogP) is 0.543. The maximum atomic E-state index is 12.5. The summed E-state index contributed by atoms with van der Waals surface area (Å²) >= 11 is 0. The summed E-state index contributed by atoms with van der Waals surface area (Å²) in [4.78, 5) is 18.6. The molecule has 1 fully saturated rings. The topological polar surface area (TPSA) is 65.5 Å². The van der Waals surface area contributed by atoms with Crippen molar-refractivity contribution in [1.82, 2.24) is 15.2 Å². The first kappa shape index (κ1) is 14.0. The molecule has 0 aromatic carbocycles. The van der Waals surface area contributed by atoms with Gasteiger partial charge in [-0.05, 0) is 32.4 Å². The standard InChI is InChI=1S/C14H21N3O2/c1-14(2)10-16-12(6-8-18)13(19)17(14)9-11-5-3-4-7-15-11/h3-5,7,12,16,18H,6,8-10H2,1-2H3. The molecule has 2 N–H and O–H groups in total. The van der Waals surface area contributed by atoms with Crippen molar-refractivity contribution < 1.29 is 9.90 Å². The fourth-order valence-electron chi connectivity index (χ4n) is 2.34. The molecule has 0 saturated carbocycles. The summed E-state index contributed by atoms with van der Waals surface area (Å²) in [5.74, 6) is 0.0379. The molecule has 1 aliphatic heterocycles. The van der Waals surface area contributed by atoms with Gasteiger partial charge in [0.15, 0.2) is 0 Å². The number of pyridine rings is 1. The van der Waals surface area contributed by atoms with Gasteiger partial charge in [-0.3, -0.25) is 9.78 Å². The van der Waals surface area contributed by atoms with Gasteiger partial charge >= 0.3 is 0 Å². The van der Waals surface area contributed by atoms with Gasteiger partial charge in [0.25, 0.3) is 0 Å². The van der Waals surface area contributed by atoms with Gasteiger partial charge in [0.2, 0.25) is 5.91 Å². The Labute approximate surface area is 113 Å². The van der Waals surface area contributed by atoms with Crippen LogP contribution in [0, 0.1) is 0 Å². The molecule has 0 aliphatic carbocycles. The van der Waals surface area contributed by atoms with Crippen molar-refractivity contribution in [3.8, 4) is 0 Å². The Hall–Kier alpha value is -1.46. The fraction of sp³-hybridized carbons (Fsp3) is 0.571. The van der Waals surface area contributed by atoms with Crippen LogP contribution >= 0.6 is 0 Å². The SMILES string of the molecule is CC1(C)CNC(CCO)C(=O)N1Cc1ccccn1. The van der Waals surface area contributed by atoms with Crippen LogP contribution < -0.4 is 5.32 Å². The molecular weight excluding hydrogens is 242 g/mol. The minimum Gasteiger partial charge on any atom is -0.396 e. The van der Waals surface area contributed by atoms with E-state index in [1.165, 1.54) is 0 Å². The van der Waals surface area contributed by atoms with Gasteiger partial charge < -0.3 is 15.3 Å². The molecule has 5 nitrogen and oxygen atoms in total. The number of carbonyl (C=O) groups is 1. The number of aliphatic hydroxyl groups is 1. The van der Waals surface area contributed by atoms with E-state index in [9.17, 15) is 4.79 Å². The number of hydrogen-bond donors (Lipinski definition) is 2. The lowest BCUT2D eigenvalue weighted by Gasteiger charge is -2.45. The summed E-state index contributed by atoms with van der Waals surface area (Å²) in [7, 11) is 0. The highest BCUT2D eigenvalue weighted by Gasteiger charge is 2.39. The smallest absolute Gasteiger partial charge is 0.240 e. The van der Waals surface area contributed by atoms with Gasteiger partial charge in [-0.2, -0.15) is 0 Å². The highest BCUT2D eigenvalue weighted by molar-refractivity contribution is 5.83. The van der Waals surface area contributed by atoms with E-state index < -0.39 is 0 Å². The number of hydrogen-bond acceptors (Lipinski definition) is 4. The molecule has 2 heterocycles. The van der Waals surface area contributed by atoms with Crippen molar-refractivity contribution in [3.05, 3.63) is 30.1 Å². The molecular formula is C14H21N3O2. The molecule has 1 aromatic rings. The van der Waals surface area contributed by atoms with Crippen molar-refractivity contribution in [2.24, 2.45) is 0 Å². The molecule has 5 heteroatoms. The minimum absolute atomic E-state index is 0.0151. The third-order valence-corrected chi connectivity index (χ3v) is 3.54. The highest BCUT2D eigenvalue weighted by atomic mass is 16.3. The van der Waals surface area contributed by atoms with E-state index >= 15 is 0 Å². The van der Waals surface area contributed by atoms with Crippen LogP contribution in [0.1, 0.15) is 26.0 Å². The summed E-state index contributed by atoms with van der Waals surface area (Å²) < 4.78 is 0. The summed E-state index contributed by atoms with van der Waals surface area (Å²) in [6.45, 7) is 5.32. The third kappa shape index (κ3) is 3.11. The first-order valence-electron chi connectivity index (χ1n) is 6.60. The van der Waals surface area contributed by atoms with E-state index in [0.29, 0.717) is 13.0 Å². The number of carbonyl (C=O) groups excluding carboxylic acids is 1. The monoisotopic (exact) mass is 263 g/mol. The van der Waals surface area contributed by atoms with Crippen LogP contribution in [0.5, 0.6) is 0 Å². The molecule has 0 radical (unpaired) electrons. The Balaban J connectivity index is 2.16. The second kappa shape index (κ2) is 5.67. The van der Waals surface area contributed by atoms with Crippen molar-refractivity contribution in [2.75, 3.05) is 13.2 Å². The van der Waals surface area contributed by atoms with Gasteiger partial charge in [-0.15, -0.1) is 0 Å². The first-order valence-corrected chi connectivity index (χ1v) is 6.60. The lowest BCUT2D eigenvalue weighted by molar-refractivity contribution is -0.144. The Morgan fingerprint density at radius 1 is 1.53 bits per heavy atom. The summed E-state index contributed by atoms with van der Waals surface area (Å²) in [6, 6.07) is 5.42. The molecule has 1 unspecified atom stereocenters. The quantitative estimate of drug-likeness (QED) is 0.832. The number of aromatic nitrogens is 1. The molecule has 0 spiro atoms. The normalized spacial score (nSPS) is 22.6. The molecule has 0 bridgehead atoms. The molecule has 1 saturated heterocycles. The maximum absolute atomic E-state index is 12.5. The number of aliphatic hydroxyl groups excluding tert-OH is 1. The zero-order chi connectivity index (χ0) is 13.9. The fourth-order valence-corrected chi connectivity index (χ4v) is 2.34. The zero-order valence-electron chi connectivity index (χ0n) is 11.5. The molecule has 2 rings (SSSR count). The number of nitrogens with one attached hydrogen (secondary N) is 1. The highest BCUT2D eigenvalue weighted by Crippen LogP contribution is 2.22. The Morgan fingerprint density at radius 3 is 2.95 bits per heavy atom. The van der Waals surface area contributed by atoms with Crippen LogP contribution in [0.25, 0.3) is 0 Å². The van der Waals surface area contributed by atoms with E-state index in [1.807, 2.05) is 36.9 Å². The second-order valence-corrected chi connectivity index (χ2v) is 5.50. The molecule has 1 atom stereocenters. The summed E-state index contributed by atoms with van der Waals surface area (Å²) in [5.41, 5.74) is 0.633. The Kier molecular flexibility index (Phi) is 4.17. The van der Waals surface area contributed by atoms with E-state index in [-0.39, 0.29) is 24.1 Å². The van der Waals surface area contributed by atoms with Crippen molar-refractivity contribution >= 4 is 5.91 Å². The predicted molar refractivity (Wildman–Crippen MR) is 72.4 cm³/mol. The van der Waals surface area contributed by atoms with Crippen LogP contribution in [0.15, 0.2) is 24.4 Å². The van der Waals surface area contributed by atoms with Gasteiger partial charge in [-0.25, -0.2) is 0 Å². The van der Waals surface area contributed by atoms with Crippen LogP contribution in [0.4, 0.5) is 0 Å². The lowest BCUT2D eigenvalue weighted by Crippen LogP contribution is -2.64. The molecule has 1 aromatic heterocycles. The Bertz CT molecular complexity index is 434. The van der Waals surface area contributed by atoms with Crippen LogP contribution in [0.2, 0.25) is 0 Å². The van der Waals surface area contributed by atoms with Crippen LogP contribution in [-0.4, -0.2) is 45.6 Å². The van der Waals surface area contributed by atoms with Crippen molar-refractivity contribution in [3.63, 3.8) is 0 Å². The summed E-state index contributed by atoms with van der Waals surface area (Å²) in [5, 5.41) is 12.2. The first-order chi connectivity index (χ1) is 9.04. The second-order valence-electron chi connectivity index (χ2n) is 5.50. The van der Waals surface area contributed by atoms with Crippen LogP contribution in [-0.2, 0) is 11.3 Å². The number of piperazine rings is 1. The zero-order valence-corrected chi connectivity index (χ0v) is 11.5. The largest absolute Gasteiger partial charge is 0.396 e. The average Bonchev–Trinajstić information content (AvgIpc) is 2.40. The van der Waals surface area contributed by atoms with Crippen LogP contribution in [0.3, 0.4) is 0 Å². The molecule has 19 heavy (non-hydrogen) atoms. The molecule has 1 amide bonds. The van der Waals surface area contributed by atoms with Gasteiger partial charge in [0.1, 0.15) is 0 Å². The third-order valence-electron chi connectivity index (χ3n) is 3.54. The number of amides is 1. The van der Waals surface area contributed by atoms with Crippen molar-refractivity contribution in [1.29, 1.82) is 0 Å². The van der Waals surface area contributed by atoms with E-state index in [2.05, 4.69) is 10.3 Å². The van der Waals surface area contributed by atoms with Gasteiger partial charge in [0, 0.05) is 19.3 Å². The van der Waals surface area contributed by atoms with E-state index in [1.54, 1.807) is 6.20 Å². The molecule has 1 aliphatic rings. The van der Waals surface area contributed by atoms with Gasteiger partial charge in [0.05, 0.1) is 23.8 Å². The van der Waals surface area contributed by atoms with Gasteiger partial charge in [-0.1, -0.05) is 6.07 Å². The van der Waals surface area contributed by atoms with E-state index in [4.69, 9.17) is 5.11 Å².